The van der Waals surface area contributed by atoms with E-state index >= 15 is 0 Å². The first-order chi connectivity index (χ1) is 11.4. The molecular formula is C17H11NO6. The number of fused-ring (bicyclic) bond motifs is 3. The van der Waals surface area contributed by atoms with Crippen molar-refractivity contribution < 1.29 is 24.4 Å². The molecule has 0 unspecified atom stereocenters. The summed E-state index contributed by atoms with van der Waals surface area (Å²) >= 11 is 0. The van der Waals surface area contributed by atoms with Crippen LogP contribution in [-0.2, 0) is 4.74 Å². The van der Waals surface area contributed by atoms with Gasteiger partial charge in [-0.1, -0.05) is 18.2 Å². The molecule has 3 aromatic rings. The Morgan fingerprint density at radius 1 is 1.08 bits per heavy atom. The van der Waals surface area contributed by atoms with E-state index < -0.39 is 16.9 Å². The van der Waals surface area contributed by atoms with Gasteiger partial charge in [0.2, 0.25) is 0 Å². The van der Waals surface area contributed by atoms with Crippen molar-refractivity contribution in [2.24, 2.45) is 0 Å². The predicted molar refractivity (Wildman–Crippen MR) is 86.4 cm³/mol. The first kappa shape index (κ1) is 15.4. The number of carboxylic acids is 1. The fraction of sp³-hybridized carbons (Fsp3) is 0.0588. The second kappa shape index (κ2) is 5.62. The Kier molecular flexibility index (Phi) is 3.61. The molecule has 0 saturated carbocycles. The fourth-order valence-corrected chi connectivity index (χ4v) is 2.75. The number of carbonyl (C=O) groups excluding carboxylic acids is 1. The maximum absolute atomic E-state index is 11.9. The Bertz CT molecular complexity index is 1020. The summed E-state index contributed by atoms with van der Waals surface area (Å²) in [5.41, 5.74) is -0.489. The van der Waals surface area contributed by atoms with Gasteiger partial charge in [0.15, 0.2) is 0 Å². The van der Waals surface area contributed by atoms with Gasteiger partial charge < -0.3 is 9.84 Å². The van der Waals surface area contributed by atoms with E-state index in [1.807, 2.05) is 0 Å². The molecule has 1 N–H and O–H groups in total. The number of nitro groups is 1. The monoisotopic (exact) mass is 325 g/mol. The third kappa shape index (κ3) is 2.32. The lowest BCUT2D eigenvalue weighted by atomic mass is 9.94. The molecule has 7 heteroatoms. The smallest absolute Gasteiger partial charge is 0.338 e. The summed E-state index contributed by atoms with van der Waals surface area (Å²) in [4.78, 5) is 34.2. The normalized spacial score (nSPS) is 10.7. The number of hydrogen-bond donors (Lipinski definition) is 1. The van der Waals surface area contributed by atoms with Gasteiger partial charge in [0, 0.05) is 17.5 Å². The van der Waals surface area contributed by atoms with E-state index in [9.17, 15) is 24.8 Å². The van der Waals surface area contributed by atoms with Crippen LogP contribution in [0.15, 0.2) is 42.5 Å². The summed E-state index contributed by atoms with van der Waals surface area (Å²) in [5.74, 6) is -2.09. The first-order valence-electron chi connectivity index (χ1n) is 6.89. The Balaban J connectivity index is 2.53. The highest BCUT2D eigenvalue weighted by Crippen LogP contribution is 2.33. The van der Waals surface area contributed by atoms with Crippen LogP contribution in [0, 0.1) is 10.1 Å². The third-order valence-electron chi connectivity index (χ3n) is 3.82. The highest BCUT2D eigenvalue weighted by Gasteiger charge is 2.22. The standard InChI is InChI=1S/C17H11NO6/c1-24-17(21)12-7-5-10-3-2-9-4-6-11(18(22)23)8-13(9)14(10)15(12)16(19)20/h2-8H,1H3,(H,19,20). The van der Waals surface area contributed by atoms with Crippen LogP contribution < -0.4 is 0 Å². The van der Waals surface area contributed by atoms with Crippen LogP contribution in [0.2, 0.25) is 0 Å². The maximum Gasteiger partial charge on any atom is 0.338 e. The molecule has 0 amide bonds. The molecule has 0 aliphatic carbocycles. The van der Waals surface area contributed by atoms with Crippen molar-refractivity contribution in [3.8, 4) is 0 Å². The number of carboxylic acid groups (broad SMARTS) is 1. The number of non-ortho nitro benzene ring substituents is 1. The van der Waals surface area contributed by atoms with Gasteiger partial charge in [-0.25, -0.2) is 9.59 Å². The van der Waals surface area contributed by atoms with E-state index in [2.05, 4.69) is 4.74 Å². The second-order valence-corrected chi connectivity index (χ2v) is 5.11. The molecule has 3 rings (SSSR count). The minimum Gasteiger partial charge on any atom is -0.478 e. The molecule has 0 heterocycles. The molecule has 24 heavy (non-hydrogen) atoms. The van der Waals surface area contributed by atoms with Crippen molar-refractivity contribution in [2.45, 2.75) is 0 Å². The first-order valence-corrected chi connectivity index (χ1v) is 6.89. The van der Waals surface area contributed by atoms with Crippen molar-refractivity contribution in [1.29, 1.82) is 0 Å². The van der Waals surface area contributed by atoms with Gasteiger partial charge in [-0.15, -0.1) is 0 Å². The number of esters is 1. The predicted octanol–water partition coefficient (Wildman–Crippen LogP) is 3.39. The van der Waals surface area contributed by atoms with Gasteiger partial charge >= 0.3 is 11.9 Å². The van der Waals surface area contributed by atoms with Gasteiger partial charge in [0.25, 0.3) is 5.69 Å². The molecule has 0 radical (unpaired) electrons. The van der Waals surface area contributed by atoms with Crippen LogP contribution in [0.25, 0.3) is 21.5 Å². The Hall–Kier alpha value is -3.48. The van der Waals surface area contributed by atoms with Crippen LogP contribution in [-0.4, -0.2) is 29.1 Å². The zero-order chi connectivity index (χ0) is 17.4. The zero-order valence-corrected chi connectivity index (χ0v) is 12.5. The Morgan fingerprint density at radius 2 is 1.71 bits per heavy atom. The van der Waals surface area contributed by atoms with Crippen LogP contribution in [0.5, 0.6) is 0 Å². The van der Waals surface area contributed by atoms with Gasteiger partial charge in [-0.3, -0.25) is 10.1 Å². The summed E-state index contributed by atoms with van der Waals surface area (Å²) in [6.45, 7) is 0. The summed E-state index contributed by atoms with van der Waals surface area (Å²) in [7, 11) is 1.16. The van der Waals surface area contributed by atoms with E-state index in [0.29, 0.717) is 16.2 Å². The molecule has 3 aromatic carbocycles. The van der Waals surface area contributed by atoms with Gasteiger partial charge in [0.05, 0.1) is 23.2 Å². The molecule has 0 aromatic heterocycles. The minimum atomic E-state index is -1.31. The van der Waals surface area contributed by atoms with Crippen molar-refractivity contribution in [1.82, 2.24) is 0 Å². The van der Waals surface area contributed by atoms with E-state index in [1.54, 1.807) is 24.3 Å². The number of carbonyl (C=O) groups is 2. The number of methoxy groups -OCH3 is 1. The van der Waals surface area contributed by atoms with E-state index in [-0.39, 0.29) is 22.2 Å². The molecule has 0 saturated heterocycles. The third-order valence-corrected chi connectivity index (χ3v) is 3.82. The van der Waals surface area contributed by atoms with Crippen molar-refractivity contribution in [3.63, 3.8) is 0 Å². The maximum atomic E-state index is 11.9. The van der Waals surface area contributed by atoms with Crippen LogP contribution in [0.1, 0.15) is 20.7 Å². The molecule has 120 valence electrons. The molecule has 7 nitrogen and oxygen atoms in total. The molecule has 0 bridgehead atoms. The SMILES string of the molecule is COC(=O)c1ccc2ccc3ccc([N+](=O)[O-])cc3c2c1C(=O)O. The number of ether oxygens (including phenoxy) is 1. The number of rotatable bonds is 3. The number of nitrogens with zero attached hydrogens (tertiary/aromatic N) is 1. The summed E-state index contributed by atoms with van der Waals surface area (Å²) < 4.78 is 4.64. The summed E-state index contributed by atoms with van der Waals surface area (Å²) in [6.07, 6.45) is 0. The average Bonchev–Trinajstić information content (AvgIpc) is 2.58. The molecule has 0 spiro atoms. The molecule has 0 fully saturated rings. The minimum absolute atomic E-state index is 0.100. The van der Waals surface area contributed by atoms with Crippen molar-refractivity contribution in [3.05, 3.63) is 63.7 Å². The summed E-state index contributed by atoms with van der Waals surface area (Å²) in [5, 5.41) is 22.5. The second-order valence-electron chi connectivity index (χ2n) is 5.11. The Labute approximate surface area is 135 Å². The van der Waals surface area contributed by atoms with Crippen LogP contribution in [0.4, 0.5) is 5.69 Å². The molecule has 0 atom stereocenters. The topological polar surface area (TPSA) is 107 Å². The highest BCUT2D eigenvalue weighted by molar-refractivity contribution is 6.20. The lowest BCUT2D eigenvalue weighted by Gasteiger charge is -2.11. The van der Waals surface area contributed by atoms with Crippen molar-refractivity contribution in [2.75, 3.05) is 7.11 Å². The number of nitro benzene ring substituents is 1. The van der Waals surface area contributed by atoms with Gasteiger partial charge in [0.1, 0.15) is 0 Å². The highest BCUT2D eigenvalue weighted by atomic mass is 16.6. The zero-order valence-electron chi connectivity index (χ0n) is 12.5. The van der Waals surface area contributed by atoms with Crippen molar-refractivity contribution >= 4 is 39.2 Å². The molecule has 0 aliphatic heterocycles. The lowest BCUT2D eigenvalue weighted by Crippen LogP contribution is -2.10. The van der Waals surface area contributed by atoms with Crippen LogP contribution >= 0.6 is 0 Å². The number of benzene rings is 3. The van der Waals surface area contributed by atoms with E-state index in [4.69, 9.17) is 0 Å². The van der Waals surface area contributed by atoms with Gasteiger partial charge in [-0.2, -0.15) is 0 Å². The summed E-state index contributed by atoms with van der Waals surface area (Å²) in [6, 6.07) is 10.6. The van der Waals surface area contributed by atoms with E-state index in [0.717, 1.165) is 7.11 Å². The number of aromatic carboxylic acids is 1. The van der Waals surface area contributed by atoms with Gasteiger partial charge in [-0.05, 0) is 28.3 Å². The largest absolute Gasteiger partial charge is 0.478 e. The number of hydrogen-bond acceptors (Lipinski definition) is 5. The van der Waals surface area contributed by atoms with E-state index in [1.165, 1.54) is 18.2 Å². The lowest BCUT2D eigenvalue weighted by molar-refractivity contribution is -0.384. The Morgan fingerprint density at radius 3 is 2.33 bits per heavy atom. The molecular weight excluding hydrogens is 314 g/mol. The quantitative estimate of drug-likeness (QED) is 0.342. The molecule has 0 aliphatic rings. The average molecular weight is 325 g/mol. The van der Waals surface area contributed by atoms with Crippen LogP contribution in [0.3, 0.4) is 0 Å². The fourth-order valence-electron chi connectivity index (χ4n) is 2.75.